The first-order valence-electron chi connectivity index (χ1n) is 6.38. The van der Waals surface area contributed by atoms with Crippen molar-refractivity contribution < 1.29 is 14.3 Å². The van der Waals surface area contributed by atoms with E-state index < -0.39 is 0 Å². The number of hydrogen-bond acceptors (Lipinski definition) is 4. The summed E-state index contributed by atoms with van der Waals surface area (Å²) >= 11 is 0. The van der Waals surface area contributed by atoms with Gasteiger partial charge in [-0.15, -0.1) is 0 Å². The lowest BCUT2D eigenvalue weighted by Crippen LogP contribution is -2.10. The summed E-state index contributed by atoms with van der Waals surface area (Å²) in [5.41, 5.74) is 2.20. The molecular formula is C15H17NO3. The van der Waals surface area contributed by atoms with Gasteiger partial charge in [0.1, 0.15) is 0 Å². The molecule has 0 amide bonds. The maximum Gasteiger partial charge on any atom is 0.337 e. The molecule has 0 spiro atoms. The van der Waals surface area contributed by atoms with E-state index >= 15 is 0 Å². The number of Topliss-reactive ketones (excluding diaryl/α,β-unsaturated/α-hetero) is 1. The van der Waals surface area contributed by atoms with Crippen LogP contribution in [-0.4, -0.2) is 18.9 Å². The van der Waals surface area contributed by atoms with E-state index in [1.165, 1.54) is 7.11 Å². The molecule has 19 heavy (non-hydrogen) atoms. The molecule has 0 saturated heterocycles. The van der Waals surface area contributed by atoms with Crippen LogP contribution in [-0.2, 0) is 9.53 Å². The Balaban J connectivity index is 2.01. The van der Waals surface area contributed by atoms with Crippen molar-refractivity contribution in [2.24, 2.45) is 0 Å². The third-order valence-electron chi connectivity index (χ3n) is 3.18. The fourth-order valence-electron chi connectivity index (χ4n) is 2.04. The second kappa shape index (κ2) is 6.18. The molecule has 100 valence electrons. The number of allylic oxidation sites excluding steroid dienone is 1. The van der Waals surface area contributed by atoms with Gasteiger partial charge in [-0.1, -0.05) is 0 Å². The SMILES string of the molecule is COC(=O)c1ccc(N/C=C2\CCCCC2=O)cc1. The number of ether oxygens (including phenoxy) is 1. The molecule has 0 bridgehead atoms. The zero-order valence-electron chi connectivity index (χ0n) is 10.9. The molecule has 0 aromatic heterocycles. The van der Waals surface area contributed by atoms with Crippen molar-refractivity contribution in [3.63, 3.8) is 0 Å². The number of rotatable bonds is 3. The summed E-state index contributed by atoms with van der Waals surface area (Å²) in [5.74, 6) is -0.128. The number of esters is 1. The van der Waals surface area contributed by atoms with Crippen molar-refractivity contribution in [1.29, 1.82) is 0 Å². The summed E-state index contributed by atoms with van der Waals surface area (Å²) in [6.07, 6.45) is 5.32. The second-order valence-corrected chi connectivity index (χ2v) is 4.51. The number of ketones is 1. The molecular weight excluding hydrogens is 242 g/mol. The average molecular weight is 259 g/mol. The minimum atomic E-state index is -0.354. The average Bonchev–Trinajstić information content (AvgIpc) is 2.46. The van der Waals surface area contributed by atoms with E-state index in [2.05, 4.69) is 10.1 Å². The summed E-state index contributed by atoms with van der Waals surface area (Å²) < 4.78 is 4.63. The molecule has 0 atom stereocenters. The Morgan fingerprint density at radius 3 is 2.53 bits per heavy atom. The highest BCUT2D eigenvalue weighted by Crippen LogP contribution is 2.20. The third kappa shape index (κ3) is 3.44. The van der Waals surface area contributed by atoms with Crippen molar-refractivity contribution in [3.05, 3.63) is 41.6 Å². The number of carbonyl (C=O) groups excluding carboxylic acids is 2. The molecule has 0 heterocycles. The fraction of sp³-hybridized carbons (Fsp3) is 0.333. The Labute approximate surface area is 112 Å². The van der Waals surface area contributed by atoms with Crippen LogP contribution in [0, 0.1) is 0 Å². The Morgan fingerprint density at radius 2 is 1.89 bits per heavy atom. The summed E-state index contributed by atoms with van der Waals surface area (Å²) in [6, 6.07) is 6.96. The number of hydrogen-bond donors (Lipinski definition) is 1. The van der Waals surface area contributed by atoms with Gasteiger partial charge in [-0.2, -0.15) is 0 Å². The Morgan fingerprint density at radius 1 is 1.21 bits per heavy atom. The molecule has 1 N–H and O–H groups in total. The van der Waals surface area contributed by atoms with Gasteiger partial charge in [-0.25, -0.2) is 4.79 Å². The Bertz CT molecular complexity index is 503. The van der Waals surface area contributed by atoms with Gasteiger partial charge in [0.15, 0.2) is 5.78 Å². The van der Waals surface area contributed by atoms with E-state index in [1.807, 2.05) is 0 Å². The van der Waals surface area contributed by atoms with Crippen LogP contribution in [0.2, 0.25) is 0 Å². The van der Waals surface area contributed by atoms with E-state index in [0.717, 1.165) is 30.5 Å². The highest BCUT2D eigenvalue weighted by molar-refractivity contribution is 5.96. The molecule has 4 nitrogen and oxygen atoms in total. The minimum absolute atomic E-state index is 0.227. The summed E-state index contributed by atoms with van der Waals surface area (Å²) in [4.78, 5) is 22.9. The molecule has 0 unspecified atom stereocenters. The molecule has 1 fully saturated rings. The first-order valence-corrected chi connectivity index (χ1v) is 6.38. The molecule has 1 aliphatic carbocycles. The van der Waals surface area contributed by atoms with Gasteiger partial charge in [-0.3, -0.25) is 4.79 Å². The smallest absolute Gasteiger partial charge is 0.337 e. The van der Waals surface area contributed by atoms with Crippen LogP contribution in [0.1, 0.15) is 36.0 Å². The van der Waals surface area contributed by atoms with E-state index in [9.17, 15) is 9.59 Å². The Kier molecular flexibility index (Phi) is 4.34. The molecule has 1 aliphatic rings. The van der Waals surface area contributed by atoms with Crippen LogP contribution >= 0.6 is 0 Å². The minimum Gasteiger partial charge on any atom is -0.465 e. The van der Waals surface area contributed by atoms with Gasteiger partial charge in [0.2, 0.25) is 0 Å². The van der Waals surface area contributed by atoms with Crippen LogP contribution in [0.25, 0.3) is 0 Å². The highest BCUT2D eigenvalue weighted by Gasteiger charge is 2.14. The molecule has 1 saturated carbocycles. The highest BCUT2D eigenvalue weighted by atomic mass is 16.5. The first kappa shape index (κ1) is 13.3. The van der Waals surface area contributed by atoms with Gasteiger partial charge in [-0.05, 0) is 43.5 Å². The number of benzene rings is 1. The van der Waals surface area contributed by atoms with Crippen LogP contribution in [0.15, 0.2) is 36.0 Å². The maximum atomic E-state index is 11.6. The quantitative estimate of drug-likeness (QED) is 0.670. The number of methoxy groups -OCH3 is 1. The van der Waals surface area contributed by atoms with Crippen molar-refractivity contribution in [1.82, 2.24) is 0 Å². The molecule has 2 rings (SSSR count). The normalized spacial score (nSPS) is 17.3. The van der Waals surface area contributed by atoms with Crippen LogP contribution in [0.5, 0.6) is 0 Å². The van der Waals surface area contributed by atoms with E-state index in [4.69, 9.17) is 0 Å². The molecule has 4 heteroatoms. The van der Waals surface area contributed by atoms with Crippen LogP contribution in [0.3, 0.4) is 0 Å². The standard InChI is InChI=1S/C15H17NO3/c1-19-15(18)11-6-8-13(9-7-11)16-10-12-4-2-3-5-14(12)17/h6-10,16H,2-5H2,1H3/b12-10+. The van der Waals surface area contributed by atoms with Crippen molar-refractivity contribution >= 4 is 17.4 Å². The zero-order chi connectivity index (χ0) is 13.7. The largest absolute Gasteiger partial charge is 0.465 e. The molecule has 1 aromatic carbocycles. The molecule has 0 radical (unpaired) electrons. The van der Waals surface area contributed by atoms with Gasteiger partial charge in [0.05, 0.1) is 12.7 Å². The summed E-state index contributed by atoms with van der Waals surface area (Å²) in [7, 11) is 1.35. The lowest BCUT2D eigenvalue weighted by atomic mass is 9.94. The zero-order valence-corrected chi connectivity index (χ0v) is 10.9. The van der Waals surface area contributed by atoms with Gasteiger partial charge in [0, 0.05) is 23.9 Å². The predicted octanol–water partition coefficient (Wildman–Crippen LogP) is 2.91. The van der Waals surface area contributed by atoms with Crippen molar-refractivity contribution in [2.75, 3.05) is 12.4 Å². The number of anilines is 1. The van der Waals surface area contributed by atoms with E-state index in [0.29, 0.717) is 12.0 Å². The summed E-state index contributed by atoms with van der Waals surface area (Å²) in [6.45, 7) is 0. The fourth-order valence-corrected chi connectivity index (χ4v) is 2.04. The number of carbonyl (C=O) groups is 2. The van der Waals surface area contributed by atoms with Gasteiger partial charge >= 0.3 is 5.97 Å². The summed E-state index contributed by atoms with van der Waals surface area (Å²) in [5, 5.41) is 3.09. The topological polar surface area (TPSA) is 55.4 Å². The van der Waals surface area contributed by atoms with Crippen LogP contribution in [0.4, 0.5) is 5.69 Å². The maximum absolute atomic E-state index is 11.6. The lowest BCUT2D eigenvalue weighted by molar-refractivity contribution is -0.116. The van der Waals surface area contributed by atoms with Gasteiger partial charge < -0.3 is 10.1 Å². The van der Waals surface area contributed by atoms with Crippen molar-refractivity contribution in [2.45, 2.75) is 25.7 Å². The number of nitrogens with one attached hydrogen (secondary N) is 1. The van der Waals surface area contributed by atoms with E-state index in [1.54, 1.807) is 30.5 Å². The predicted molar refractivity (Wildman–Crippen MR) is 73.0 cm³/mol. The lowest BCUT2D eigenvalue weighted by Gasteiger charge is -2.12. The molecule has 0 aliphatic heterocycles. The van der Waals surface area contributed by atoms with Crippen LogP contribution < -0.4 is 5.32 Å². The monoisotopic (exact) mass is 259 g/mol. The first-order chi connectivity index (χ1) is 9.20. The second-order valence-electron chi connectivity index (χ2n) is 4.51. The third-order valence-corrected chi connectivity index (χ3v) is 3.18. The Hall–Kier alpha value is -2.10. The van der Waals surface area contributed by atoms with Gasteiger partial charge in [0.25, 0.3) is 0 Å². The molecule has 1 aromatic rings. The van der Waals surface area contributed by atoms with Crippen molar-refractivity contribution in [3.8, 4) is 0 Å². The van der Waals surface area contributed by atoms with E-state index in [-0.39, 0.29) is 11.8 Å².